The van der Waals surface area contributed by atoms with E-state index in [2.05, 4.69) is 5.32 Å². The highest BCUT2D eigenvalue weighted by molar-refractivity contribution is 6.01. The number of aryl methyl sites for hydroxylation is 1. The van der Waals surface area contributed by atoms with Crippen LogP contribution in [0.25, 0.3) is 0 Å². The van der Waals surface area contributed by atoms with Gasteiger partial charge in [-0.15, -0.1) is 0 Å². The van der Waals surface area contributed by atoms with Gasteiger partial charge in [0.2, 0.25) is 0 Å². The summed E-state index contributed by atoms with van der Waals surface area (Å²) in [5, 5.41) is 2.82. The number of amides is 1. The van der Waals surface area contributed by atoms with Crippen molar-refractivity contribution in [3.8, 4) is 0 Å². The van der Waals surface area contributed by atoms with Crippen molar-refractivity contribution in [2.75, 3.05) is 11.9 Å². The molecule has 2 aliphatic rings. The third kappa shape index (κ3) is 4.02. The summed E-state index contributed by atoms with van der Waals surface area (Å²) in [5.41, 5.74) is 2.40. The highest BCUT2D eigenvalue weighted by Crippen LogP contribution is 2.53. The molecule has 1 amide bonds. The van der Waals surface area contributed by atoms with Crippen LogP contribution in [0, 0.1) is 23.7 Å². The Morgan fingerprint density at radius 3 is 2.33 bits per heavy atom. The zero-order valence-electron chi connectivity index (χ0n) is 17.2. The number of ketones is 1. The van der Waals surface area contributed by atoms with Gasteiger partial charge in [-0.2, -0.15) is 0 Å². The maximum absolute atomic E-state index is 13.1. The number of fused-ring (bicyclic) bond motifs is 2. The molecule has 5 heteroatoms. The van der Waals surface area contributed by atoms with Crippen molar-refractivity contribution >= 4 is 23.3 Å². The van der Waals surface area contributed by atoms with Crippen LogP contribution in [0.4, 0.5) is 5.69 Å². The molecular formula is C25H27NO4. The number of hydrogen-bond acceptors (Lipinski definition) is 4. The fourth-order valence-electron chi connectivity index (χ4n) is 5.17. The number of Topliss-reactive ketones (excluding diaryl/α,β-unsaturated/α-hetero) is 1. The van der Waals surface area contributed by atoms with E-state index in [1.807, 2.05) is 49.4 Å². The van der Waals surface area contributed by atoms with Gasteiger partial charge in [0.05, 0.1) is 5.92 Å². The summed E-state index contributed by atoms with van der Waals surface area (Å²) < 4.78 is 5.40. The fraction of sp³-hybridized carbons (Fsp3) is 0.400. The van der Waals surface area contributed by atoms with Gasteiger partial charge in [0.25, 0.3) is 5.91 Å². The Labute approximate surface area is 176 Å². The number of rotatable bonds is 7. The van der Waals surface area contributed by atoms with Gasteiger partial charge < -0.3 is 10.1 Å². The highest BCUT2D eigenvalue weighted by atomic mass is 16.5. The number of benzene rings is 2. The molecule has 0 aliphatic heterocycles. The molecule has 2 aliphatic carbocycles. The average molecular weight is 405 g/mol. The summed E-state index contributed by atoms with van der Waals surface area (Å²) in [6.45, 7) is 1.68. The van der Waals surface area contributed by atoms with Crippen LogP contribution in [-0.2, 0) is 20.7 Å². The van der Waals surface area contributed by atoms with Crippen molar-refractivity contribution in [2.45, 2.75) is 32.6 Å². The predicted molar refractivity (Wildman–Crippen MR) is 114 cm³/mol. The van der Waals surface area contributed by atoms with E-state index in [4.69, 9.17) is 4.74 Å². The number of esters is 1. The van der Waals surface area contributed by atoms with E-state index >= 15 is 0 Å². The lowest BCUT2D eigenvalue weighted by Gasteiger charge is -2.28. The van der Waals surface area contributed by atoms with Crippen molar-refractivity contribution in [3.05, 3.63) is 65.7 Å². The minimum atomic E-state index is -0.452. The lowest BCUT2D eigenvalue weighted by Crippen LogP contribution is -2.37. The molecule has 0 saturated heterocycles. The van der Waals surface area contributed by atoms with E-state index in [1.165, 1.54) is 0 Å². The summed E-state index contributed by atoms with van der Waals surface area (Å²) >= 11 is 0. The van der Waals surface area contributed by atoms with Crippen molar-refractivity contribution in [1.29, 1.82) is 0 Å². The number of carbonyl (C=O) groups excluding carboxylic acids is 3. The molecule has 0 unspecified atom stereocenters. The van der Waals surface area contributed by atoms with Crippen LogP contribution in [0.1, 0.15) is 42.1 Å². The Balaban J connectivity index is 1.40. The second kappa shape index (κ2) is 8.82. The first-order valence-electron chi connectivity index (χ1n) is 10.7. The topological polar surface area (TPSA) is 72.5 Å². The molecule has 2 fully saturated rings. The molecule has 4 atom stereocenters. The smallest absolute Gasteiger partial charge is 0.310 e. The number of anilines is 1. The van der Waals surface area contributed by atoms with Gasteiger partial charge >= 0.3 is 5.97 Å². The highest BCUT2D eigenvalue weighted by Gasteiger charge is 2.54. The molecular weight excluding hydrogens is 378 g/mol. The van der Waals surface area contributed by atoms with Crippen LogP contribution in [0.2, 0.25) is 0 Å². The van der Waals surface area contributed by atoms with Crippen LogP contribution in [0.3, 0.4) is 0 Å². The number of nitrogens with one attached hydrogen (secondary N) is 1. The van der Waals surface area contributed by atoms with Crippen LogP contribution >= 0.6 is 0 Å². The zero-order valence-corrected chi connectivity index (χ0v) is 17.2. The molecule has 0 radical (unpaired) electrons. The summed E-state index contributed by atoms with van der Waals surface area (Å²) in [6.07, 6.45) is 3.61. The molecule has 2 saturated carbocycles. The normalized spacial score (nSPS) is 24.4. The molecule has 1 N–H and O–H groups in total. The Bertz CT molecular complexity index is 939. The number of ether oxygens (including phenoxy) is 1. The predicted octanol–water partition coefficient (Wildman–Crippen LogP) is 4.28. The standard InChI is InChI=1S/C25H27NO4/c1-2-16-8-6-7-11-20(16)26-21(27)15-30-25(29)23-19-13-12-18(14-19)22(23)24(28)17-9-4-3-5-10-17/h3-11,18-19,22-23H,2,12-15H2,1H3,(H,26,27)/t18-,19-,22-,23-/m0/s1. The van der Waals surface area contributed by atoms with Gasteiger partial charge in [0, 0.05) is 17.2 Å². The molecule has 2 bridgehead atoms. The molecule has 0 heterocycles. The SMILES string of the molecule is CCc1ccccc1NC(=O)COC(=O)[C@H]1[C@H]2CC[C@@H](C2)[C@@H]1C(=O)c1ccccc1. The van der Waals surface area contributed by atoms with Crippen molar-refractivity contribution < 1.29 is 19.1 Å². The Morgan fingerprint density at radius 1 is 0.933 bits per heavy atom. The number of hydrogen-bond donors (Lipinski definition) is 1. The Hall–Kier alpha value is -2.95. The quantitative estimate of drug-likeness (QED) is 0.551. The lowest BCUT2D eigenvalue weighted by molar-refractivity contribution is -0.154. The summed E-state index contributed by atoms with van der Waals surface area (Å²) in [7, 11) is 0. The van der Waals surface area contributed by atoms with Crippen molar-refractivity contribution in [2.24, 2.45) is 23.7 Å². The van der Waals surface area contributed by atoms with E-state index in [9.17, 15) is 14.4 Å². The van der Waals surface area contributed by atoms with Gasteiger partial charge in [-0.25, -0.2) is 0 Å². The van der Waals surface area contributed by atoms with Gasteiger partial charge in [-0.3, -0.25) is 14.4 Å². The lowest BCUT2D eigenvalue weighted by atomic mass is 9.75. The third-order valence-electron chi connectivity index (χ3n) is 6.57. The maximum Gasteiger partial charge on any atom is 0.310 e. The monoisotopic (exact) mass is 405 g/mol. The average Bonchev–Trinajstić information content (AvgIpc) is 3.40. The van der Waals surface area contributed by atoms with E-state index in [1.54, 1.807) is 12.1 Å². The molecule has 30 heavy (non-hydrogen) atoms. The van der Waals surface area contributed by atoms with Crippen LogP contribution < -0.4 is 5.32 Å². The van der Waals surface area contributed by atoms with Gasteiger partial charge in [-0.05, 0) is 49.1 Å². The second-order valence-electron chi connectivity index (χ2n) is 8.28. The van der Waals surface area contributed by atoms with Crippen LogP contribution in [0.15, 0.2) is 54.6 Å². The number of carbonyl (C=O) groups is 3. The van der Waals surface area contributed by atoms with Crippen molar-refractivity contribution in [3.63, 3.8) is 0 Å². The zero-order chi connectivity index (χ0) is 21.1. The van der Waals surface area contributed by atoms with Gasteiger partial charge in [0.1, 0.15) is 0 Å². The summed E-state index contributed by atoms with van der Waals surface area (Å²) in [6, 6.07) is 16.7. The van der Waals surface area contributed by atoms with Gasteiger partial charge in [0.15, 0.2) is 12.4 Å². The van der Waals surface area contributed by atoms with Crippen molar-refractivity contribution in [1.82, 2.24) is 0 Å². The first kappa shape index (κ1) is 20.3. The second-order valence-corrected chi connectivity index (χ2v) is 8.28. The summed E-state index contributed by atoms with van der Waals surface area (Å²) in [4.78, 5) is 38.4. The van der Waals surface area contributed by atoms with Crippen LogP contribution in [0.5, 0.6) is 0 Å². The third-order valence-corrected chi connectivity index (χ3v) is 6.57. The number of para-hydroxylation sites is 1. The first-order chi connectivity index (χ1) is 14.6. The molecule has 0 spiro atoms. The largest absolute Gasteiger partial charge is 0.455 e. The molecule has 156 valence electrons. The maximum atomic E-state index is 13.1. The first-order valence-corrected chi connectivity index (χ1v) is 10.7. The molecule has 4 rings (SSSR count). The Morgan fingerprint density at radius 2 is 1.60 bits per heavy atom. The fourth-order valence-corrected chi connectivity index (χ4v) is 5.17. The molecule has 0 aromatic heterocycles. The van der Waals surface area contributed by atoms with Crippen LogP contribution in [-0.4, -0.2) is 24.3 Å². The molecule has 2 aromatic carbocycles. The molecule has 2 aromatic rings. The summed E-state index contributed by atoms with van der Waals surface area (Å²) in [5.74, 6) is -1.16. The van der Waals surface area contributed by atoms with Gasteiger partial charge in [-0.1, -0.05) is 55.5 Å². The van der Waals surface area contributed by atoms with E-state index in [0.717, 1.165) is 36.9 Å². The Kier molecular flexibility index (Phi) is 5.98. The molecule has 5 nitrogen and oxygen atoms in total. The van der Waals surface area contributed by atoms with E-state index in [0.29, 0.717) is 5.56 Å². The van der Waals surface area contributed by atoms with E-state index < -0.39 is 11.9 Å². The minimum absolute atomic E-state index is 0.0195. The minimum Gasteiger partial charge on any atom is -0.455 e. The van der Waals surface area contributed by atoms with E-state index in [-0.39, 0.29) is 36.1 Å².